The Morgan fingerprint density at radius 2 is 2.08 bits per heavy atom. The number of likely N-dealkylation sites (tertiary alicyclic amines) is 1. The SMILES string of the molecule is CC(=O)S[C@@H]1CCN(C(C(=O)C2CC2)c2ccccc2F)CC1=CCO. The van der Waals surface area contributed by atoms with Gasteiger partial charge in [0.15, 0.2) is 10.9 Å². The fraction of sp³-hybridized carbons (Fsp3) is 0.500. The summed E-state index contributed by atoms with van der Waals surface area (Å²) in [6, 6.07) is 5.87. The number of hydrogen-bond donors (Lipinski definition) is 1. The lowest BCUT2D eigenvalue weighted by molar-refractivity contribution is -0.126. The van der Waals surface area contributed by atoms with Crippen molar-refractivity contribution in [1.82, 2.24) is 4.90 Å². The second-order valence-electron chi connectivity index (χ2n) is 6.92. The van der Waals surface area contributed by atoms with Crippen LogP contribution < -0.4 is 0 Å². The van der Waals surface area contributed by atoms with Gasteiger partial charge >= 0.3 is 0 Å². The quantitative estimate of drug-likeness (QED) is 0.772. The second-order valence-corrected chi connectivity index (χ2v) is 8.30. The first-order valence-corrected chi connectivity index (χ1v) is 9.88. The molecular weight excluding hydrogens is 353 g/mol. The Morgan fingerprint density at radius 3 is 2.69 bits per heavy atom. The number of aliphatic hydroxyl groups excluding tert-OH is 1. The lowest BCUT2D eigenvalue weighted by atomic mass is 9.93. The summed E-state index contributed by atoms with van der Waals surface area (Å²) in [5.41, 5.74) is 1.36. The number of rotatable bonds is 6. The van der Waals surface area contributed by atoms with Crippen molar-refractivity contribution in [3.8, 4) is 0 Å². The monoisotopic (exact) mass is 377 g/mol. The van der Waals surface area contributed by atoms with Crippen molar-refractivity contribution in [3.63, 3.8) is 0 Å². The Kier molecular flexibility index (Phi) is 6.27. The molecule has 0 bridgehead atoms. The first-order valence-electron chi connectivity index (χ1n) is 9.00. The van der Waals surface area contributed by atoms with Crippen LogP contribution in [0.2, 0.25) is 0 Å². The summed E-state index contributed by atoms with van der Waals surface area (Å²) < 4.78 is 14.5. The number of ketones is 1. The summed E-state index contributed by atoms with van der Waals surface area (Å²) in [6.07, 6.45) is 4.16. The fourth-order valence-corrected chi connectivity index (χ4v) is 4.52. The van der Waals surface area contributed by atoms with Gasteiger partial charge in [0.05, 0.1) is 12.6 Å². The minimum Gasteiger partial charge on any atom is -0.392 e. The van der Waals surface area contributed by atoms with Gasteiger partial charge < -0.3 is 5.11 Å². The molecule has 26 heavy (non-hydrogen) atoms. The highest BCUT2D eigenvalue weighted by molar-refractivity contribution is 8.14. The first kappa shape index (κ1) is 19.3. The van der Waals surface area contributed by atoms with Gasteiger partial charge in [-0.05, 0) is 30.9 Å². The largest absolute Gasteiger partial charge is 0.392 e. The van der Waals surface area contributed by atoms with Crippen LogP contribution in [0.5, 0.6) is 0 Å². The van der Waals surface area contributed by atoms with E-state index in [1.54, 1.807) is 24.3 Å². The van der Waals surface area contributed by atoms with Crippen molar-refractivity contribution < 1.29 is 19.1 Å². The van der Waals surface area contributed by atoms with Crippen LogP contribution in [-0.4, -0.2) is 45.9 Å². The third-order valence-electron chi connectivity index (χ3n) is 4.95. The van der Waals surface area contributed by atoms with E-state index in [2.05, 4.69) is 0 Å². The molecule has 0 aromatic heterocycles. The molecule has 0 spiro atoms. The van der Waals surface area contributed by atoms with E-state index in [4.69, 9.17) is 0 Å². The van der Waals surface area contributed by atoms with Crippen molar-refractivity contribution in [3.05, 3.63) is 47.3 Å². The predicted octanol–water partition coefficient (Wildman–Crippen LogP) is 3.12. The Morgan fingerprint density at radius 1 is 1.35 bits per heavy atom. The fourth-order valence-electron chi connectivity index (χ4n) is 3.57. The molecule has 4 nitrogen and oxygen atoms in total. The molecule has 1 aliphatic heterocycles. The number of Topliss-reactive ketones (excluding diaryl/α,β-unsaturated/α-hetero) is 1. The topological polar surface area (TPSA) is 57.6 Å². The van der Waals surface area contributed by atoms with Gasteiger partial charge in [0.1, 0.15) is 5.82 Å². The standard InChI is InChI=1S/C20H24FNO3S/c1-13(24)26-18-8-10-22(12-15(18)9-11-23)19(20(25)14-6-7-14)16-4-2-3-5-17(16)21/h2-5,9,14,18-19,23H,6-8,10-12H2,1H3/t18-,19?/m1/s1. The van der Waals surface area contributed by atoms with Crippen LogP contribution in [0.15, 0.2) is 35.9 Å². The molecule has 1 unspecified atom stereocenters. The smallest absolute Gasteiger partial charge is 0.186 e. The highest BCUT2D eigenvalue weighted by atomic mass is 32.2. The van der Waals surface area contributed by atoms with Gasteiger partial charge in [0.2, 0.25) is 0 Å². The molecular formula is C20H24FNO3S. The summed E-state index contributed by atoms with van der Waals surface area (Å²) >= 11 is 1.26. The molecule has 1 aliphatic carbocycles. The van der Waals surface area contributed by atoms with Gasteiger partial charge in [-0.1, -0.05) is 36.0 Å². The average molecular weight is 377 g/mol. The lowest BCUT2D eigenvalue weighted by Crippen LogP contribution is -2.43. The molecule has 3 rings (SSSR count). The van der Waals surface area contributed by atoms with Crippen LogP contribution in [0, 0.1) is 11.7 Å². The number of benzene rings is 1. The summed E-state index contributed by atoms with van der Waals surface area (Å²) in [4.78, 5) is 26.4. The number of hydrogen-bond acceptors (Lipinski definition) is 5. The molecule has 1 aromatic carbocycles. The average Bonchev–Trinajstić information content (AvgIpc) is 3.44. The van der Waals surface area contributed by atoms with Crippen LogP contribution in [0.4, 0.5) is 4.39 Å². The zero-order valence-electron chi connectivity index (χ0n) is 14.9. The number of thioether (sulfide) groups is 1. The van der Waals surface area contributed by atoms with Gasteiger partial charge in [0, 0.05) is 36.7 Å². The number of halogens is 1. The maximum atomic E-state index is 14.5. The van der Waals surface area contributed by atoms with E-state index in [1.807, 2.05) is 4.90 Å². The zero-order chi connectivity index (χ0) is 18.7. The Bertz CT molecular complexity index is 717. The van der Waals surface area contributed by atoms with Crippen LogP contribution >= 0.6 is 11.8 Å². The highest BCUT2D eigenvalue weighted by Gasteiger charge is 2.41. The molecule has 140 valence electrons. The van der Waals surface area contributed by atoms with Crippen molar-refractivity contribution >= 4 is 22.7 Å². The molecule has 0 amide bonds. The Balaban J connectivity index is 1.87. The van der Waals surface area contributed by atoms with E-state index in [-0.39, 0.29) is 34.5 Å². The van der Waals surface area contributed by atoms with Gasteiger partial charge in [-0.15, -0.1) is 0 Å². The summed E-state index contributed by atoms with van der Waals surface area (Å²) in [6.45, 7) is 2.50. The van der Waals surface area contributed by atoms with Crippen molar-refractivity contribution in [2.75, 3.05) is 19.7 Å². The molecule has 1 N–H and O–H groups in total. The number of carbonyl (C=O) groups is 2. The molecule has 2 atom stereocenters. The van der Waals surface area contributed by atoms with E-state index in [1.165, 1.54) is 24.8 Å². The van der Waals surface area contributed by atoms with E-state index in [0.29, 0.717) is 25.1 Å². The minimum atomic E-state index is -0.603. The Labute approximate surface area is 157 Å². The summed E-state index contributed by atoms with van der Waals surface area (Å²) in [5, 5.41) is 9.39. The molecule has 1 aromatic rings. The van der Waals surface area contributed by atoms with Gasteiger partial charge in [0.25, 0.3) is 0 Å². The lowest BCUT2D eigenvalue weighted by Gasteiger charge is -2.38. The van der Waals surface area contributed by atoms with Crippen LogP contribution in [0.1, 0.15) is 37.8 Å². The summed E-state index contributed by atoms with van der Waals surface area (Å²) in [7, 11) is 0. The summed E-state index contributed by atoms with van der Waals surface area (Å²) in [5.74, 6) is -0.260. The molecule has 2 aliphatic rings. The third-order valence-corrected chi connectivity index (χ3v) is 6.11. The molecule has 6 heteroatoms. The molecule has 0 radical (unpaired) electrons. The number of nitrogens with zero attached hydrogens (tertiary/aromatic N) is 1. The minimum absolute atomic E-state index is 0.00759. The van der Waals surface area contributed by atoms with Crippen LogP contribution in [0.25, 0.3) is 0 Å². The van der Waals surface area contributed by atoms with Gasteiger partial charge in [-0.25, -0.2) is 4.39 Å². The molecule has 1 saturated heterocycles. The normalized spacial score (nSPS) is 23.8. The third kappa shape index (κ3) is 4.42. The van der Waals surface area contributed by atoms with E-state index in [9.17, 15) is 19.1 Å². The maximum absolute atomic E-state index is 14.5. The van der Waals surface area contributed by atoms with E-state index in [0.717, 1.165) is 18.4 Å². The number of piperidine rings is 1. The van der Waals surface area contributed by atoms with Crippen LogP contribution in [0.3, 0.4) is 0 Å². The van der Waals surface area contributed by atoms with Gasteiger partial charge in [-0.2, -0.15) is 0 Å². The molecule has 1 saturated carbocycles. The predicted molar refractivity (Wildman–Crippen MR) is 100 cm³/mol. The molecule has 2 fully saturated rings. The first-order chi connectivity index (χ1) is 12.5. The van der Waals surface area contributed by atoms with Crippen LogP contribution in [-0.2, 0) is 9.59 Å². The molecule has 1 heterocycles. The van der Waals surface area contributed by atoms with Crippen molar-refractivity contribution in [2.45, 2.75) is 37.5 Å². The van der Waals surface area contributed by atoms with E-state index < -0.39 is 6.04 Å². The van der Waals surface area contributed by atoms with Crippen molar-refractivity contribution in [1.29, 1.82) is 0 Å². The Hall–Kier alpha value is -1.50. The highest BCUT2D eigenvalue weighted by Crippen LogP contribution is 2.40. The van der Waals surface area contributed by atoms with Gasteiger partial charge in [-0.3, -0.25) is 14.5 Å². The number of aliphatic hydroxyl groups is 1. The second kappa shape index (κ2) is 8.46. The van der Waals surface area contributed by atoms with Crippen molar-refractivity contribution in [2.24, 2.45) is 5.92 Å². The number of carbonyl (C=O) groups excluding carboxylic acids is 2. The van der Waals surface area contributed by atoms with E-state index >= 15 is 0 Å². The maximum Gasteiger partial charge on any atom is 0.186 e. The zero-order valence-corrected chi connectivity index (χ0v) is 15.7.